The van der Waals surface area contributed by atoms with E-state index in [1.165, 1.54) is 22.3 Å². The van der Waals surface area contributed by atoms with Crippen molar-refractivity contribution in [3.05, 3.63) is 48.4 Å². The number of allylic oxidation sites excluding steroid dienone is 1. The van der Waals surface area contributed by atoms with Crippen LogP contribution in [0.25, 0.3) is 0 Å². The normalized spacial score (nSPS) is 15.0. The minimum Gasteiger partial charge on any atom is -0.367 e. The third kappa shape index (κ3) is 5.52. The molecular weight excluding hydrogens is 352 g/mol. The van der Waals surface area contributed by atoms with Gasteiger partial charge in [0.2, 0.25) is 6.41 Å². The summed E-state index contributed by atoms with van der Waals surface area (Å²) < 4.78 is 0. The molecule has 7 nitrogen and oxygen atoms in total. The van der Waals surface area contributed by atoms with Crippen molar-refractivity contribution in [2.24, 2.45) is 10.1 Å². The van der Waals surface area contributed by atoms with Crippen LogP contribution in [0.4, 0.5) is 5.82 Å². The van der Waals surface area contributed by atoms with E-state index in [9.17, 15) is 4.79 Å². The van der Waals surface area contributed by atoms with Crippen LogP contribution in [-0.2, 0) is 4.79 Å². The minimum atomic E-state index is 0.565. The molecule has 1 aliphatic heterocycles. The Hall–Kier alpha value is -2.96. The molecule has 1 aromatic heterocycles. The van der Waals surface area contributed by atoms with Gasteiger partial charge in [0, 0.05) is 45.1 Å². The van der Waals surface area contributed by atoms with E-state index in [-0.39, 0.29) is 0 Å². The molecule has 150 valence electrons. The number of amides is 1. The Labute approximate surface area is 167 Å². The number of anilines is 1. The summed E-state index contributed by atoms with van der Waals surface area (Å²) in [6, 6.07) is 2.16. The van der Waals surface area contributed by atoms with Gasteiger partial charge in [-0.3, -0.25) is 9.79 Å². The Kier molecular flexibility index (Phi) is 7.92. The standard InChI is InChI=1S/C21H30N6O/c1-6-8-27(16-28)24-15-20(22-7-2)19(5)25-9-11-26(12-10-25)21-18(4)13-17(3)14-23-21/h7,13-16H,2,5-6,8-12H2,1,3-4H3/b22-20?,24-15-. The molecule has 0 radical (unpaired) electrons. The van der Waals surface area contributed by atoms with Crippen LogP contribution in [0.1, 0.15) is 24.5 Å². The lowest BCUT2D eigenvalue weighted by molar-refractivity contribution is -0.118. The number of nitrogens with zero attached hydrogens (tertiary/aromatic N) is 6. The molecule has 0 bridgehead atoms. The number of carbonyl (C=O) groups is 1. The van der Waals surface area contributed by atoms with E-state index in [1.807, 2.05) is 13.1 Å². The zero-order valence-corrected chi connectivity index (χ0v) is 17.1. The minimum absolute atomic E-state index is 0.565. The third-order valence-corrected chi connectivity index (χ3v) is 4.58. The third-order valence-electron chi connectivity index (χ3n) is 4.58. The predicted molar refractivity (Wildman–Crippen MR) is 116 cm³/mol. The highest BCUT2D eigenvalue weighted by Crippen LogP contribution is 2.20. The average molecular weight is 383 g/mol. The maximum Gasteiger partial charge on any atom is 0.229 e. The van der Waals surface area contributed by atoms with Crippen molar-refractivity contribution in [3.8, 4) is 0 Å². The molecule has 1 amide bonds. The molecule has 0 atom stereocenters. The summed E-state index contributed by atoms with van der Waals surface area (Å²) in [5, 5.41) is 5.56. The predicted octanol–water partition coefficient (Wildman–Crippen LogP) is 2.77. The van der Waals surface area contributed by atoms with Crippen molar-refractivity contribution in [2.75, 3.05) is 37.6 Å². The zero-order valence-electron chi connectivity index (χ0n) is 17.1. The molecule has 2 heterocycles. The summed E-state index contributed by atoms with van der Waals surface area (Å²) >= 11 is 0. The molecule has 0 saturated carbocycles. The summed E-state index contributed by atoms with van der Waals surface area (Å²) in [6.07, 6.45) is 6.50. The highest BCUT2D eigenvalue weighted by atomic mass is 16.1. The molecule has 7 heteroatoms. The lowest BCUT2D eigenvalue weighted by atomic mass is 10.2. The van der Waals surface area contributed by atoms with Crippen molar-refractivity contribution in [2.45, 2.75) is 27.2 Å². The zero-order chi connectivity index (χ0) is 20.5. The Morgan fingerprint density at radius 2 is 2.04 bits per heavy atom. The molecule has 1 saturated heterocycles. The van der Waals surface area contributed by atoms with Crippen LogP contribution in [0.2, 0.25) is 0 Å². The Morgan fingerprint density at radius 3 is 2.61 bits per heavy atom. The van der Waals surface area contributed by atoms with Crippen molar-refractivity contribution in [3.63, 3.8) is 0 Å². The first-order valence-electron chi connectivity index (χ1n) is 9.57. The van der Waals surface area contributed by atoms with Crippen LogP contribution < -0.4 is 4.90 Å². The second kappa shape index (κ2) is 10.4. The largest absolute Gasteiger partial charge is 0.367 e. The van der Waals surface area contributed by atoms with Crippen LogP contribution >= 0.6 is 0 Å². The molecular formula is C21H30N6O. The number of aromatic nitrogens is 1. The number of piperazine rings is 1. The smallest absolute Gasteiger partial charge is 0.229 e. The van der Waals surface area contributed by atoms with Crippen molar-refractivity contribution >= 4 is 24.2 Å². The maximum absolute atomic E-state index is 11.1. The van der Waals surface area contributed by atoms with Crippen molar-refractivity contribution in [1.82, 2.24) is 14.9 Å². The number of hydrazone groups is 1. The SMILES string of the molecule is C=CN=C(/C=N\N(C=O)CCC)C(=C)N1CCN(c2ncc(C)cc2C)CC1. The average Bonchev–Trinajstić information content (AvgIpc) is 2.70. The molecule has 2 rings (SSSR count). The molecule has 0 N–H and O–H groups in total. The van der Waals surface area contributed by atoms with E-state index in [0.29, 0.717) is 18.7 Å². The number of carbonyl (C=O) groups excluding carboxylic acids is 1. The van der Waals surface area contributed by atoms with Gasteiger partial charge in [-0.1, -0.05) is 26.1 Å². The fourth-order valence-corrected chi connectivity index (χ4v) is 3.17. The number of rotatable bonds is 9. The fourth-order valence-electron chi connectivity index (χ4n) is 3.17. The molecule has 1 aromatic rings. The first-order valence-corrected chi connectivity index (χ1v) is 9.57. The second-order valence-corrected chi connectivity index (χ2v) is 6.78. The second-order valence-electron chi connectivity index (χ2n) is 6.78. The van der Waals surface area contributed by atoms with Gasteiger partial charge < -0.3 is 9.80 Å². The number of hydrogen-bond donors (Lipinski definition) is 0. The topological polar surface area (TPSA) is 64.4 Å². The van der Waals surface area contributed by atoms with Crippen molar-refractivity contribution < 1.29 is 4.79 Å². The quantitative estimate of drug-likeness (QED) is 0.374. The lowest BCUT2D eigenvalue weighted by Gasteiger charge is -2.38. The van der Waals surface area contributed by atoms with Crippen LogP contribution in [0.5, 0.6) is 0 Å². The molecule has 0 unspecified atom stereocenters. The number of pyridine rings is 1. The van der Waals surface area contributed by atoms with E-state index in [1.54, 1.807) is 6.21 Å². The number of aliphatic imine (C=N–C) groups is 1. The Balaban J connectivity index is 2.03. The van der Waals surface area contributed by atoms with Gasteiger partial charge in [-0.2, -0.15) is 5.10 Å². The number of aryl methyl sites for hydroxylation is 2. The lowest BCUT2D eigenvalue weighted by Crippen LogP contribution is -2.47. The van der Waals surface area contributed by atoms with Crippen LogP contribution in [0.3, 0.4) is 0 Å². The summed E-state index contributed by atoms with van der Waals surface area (Å²) in [5.41, 5.74) is 3.75. The molecule has 28 heavy (non-hydrogen) atoms. The highest BCUT2D eigenvalue weighted by molar-refractivity contribution is 6.37. The van der Waals surface area contributed by atoms with E-state index >= 15 is 0 Å². The van der Waals surface area contributed by atoms with Gasteiger partial charge >= 0.3 is 0 Å². The van der Waals surface area contributed by atoms with E-state index in [4.69, 9.17) is 0 Å². The summed E-state index contributed by atoms with van der Waals surface area (Å²) in [6.45, 7) is 17.9. The monoisotopic (exact) mass is 382 g/mol. The highest BCUT2D eigenvalue weighted by Gasteiger charge is 2.21. The van der Waals surface area contributed by atoms with Crippen molar-refractivity contribution in [1.29, 1.82) is 0 Å². The molecule has 1 aliphatic rings. The van der Waals surface area contributed by atoms with Crippen LogP contribution in [-0.4, -0.2) is 66.0 Å². The van der Waals surface area contributed by atoms with Gasteiger partial charge in [-0.05, 0) is 31.4 Å². The Morgan fingerprint density at radius 1 is 1.32 bits per heavy atom. The first-order chi connectivity index (χ1) is 13.5. The van der Waals surface area contributed by atoms with Crippen LogP contribution in [0, 0.1) is 13.8 Å². The van der Waals surface area contributed by atoms with Gasteiger partial charge in [0.15, 0.2) is 0 Å². The fraction of sp³-hybridized carbons (Fsp3) is 0.429. The Bertz CT molecular complexity index is 762. The van der Waals surface area contributed by atoms with Gasteiger partial charge in [-0.25, -0.2) is 9.99 Å². The van der Waals surface area contributed by atoms with Gasteiger partial charge in [0.05, 0.1) is 11.9 Å². The molecule has 0 aromatic carbocycles. The van der Waals surface area contributed by atoms with E-state index in [0.717, 1.165) is 44.1 Å². The van der Waals surface area contributed by atoms with Crippen LogP contribution in [0.15, 0.2) is 47.4 Å². The van der Waals surface area contributed by atoms with E-state index < -0.39 is 0 Å². The maximum atomic E-state index is 11.1. The number of hydrogen-bond acceptors (Lipinski definition) is 6. The van der Waals surface area contributed by atoms with Gasteiger partial charge in [0.25, 0.3) is 0 Å². The molecule has 1 fully saturated rings. The molecule has 0 spiro atoms. The van der Waals surface area contributed by atoms with Gasteiger partial charge in [-0.15, -0.1) is 0 Å². The summed E-state index contributed by atoms with van der Waals surface area (Å²) in [4.78, 5) is 24.4. The summed E-state index contributed by atoms with van der Waals surface area (Å²) in [5.74, 6) is 1.04. The first kappa shape index (κ1) is 21.3. The van der Waals surface area contributed by atoms with E-state index in [2.05, 4.69) is 57.9 Å². The molecule has 0 aliphatic carbocycles. The van der Waals surface area contributed by atoms with Gasteiger partial charge in [0.1, 0.15) is 11.5 Å². The summed E-state index contributed by atoms with van der Waals surface area (Å²) in [7, 11) is 0.